The zero-order valence-electron chi connectivity index (χ0n) is 16.9. The fraction of sp³-hybridized carbons (Fsp3) is 0.611. The van der Waals surface area contributed by atoms with E-state index in [4.69, 9.17) is 4.74 Å². The number of aryl methyl sites for hydroxylation is 2. The minimum absolute atomic E-state index is 0.0927. The molecule has 1 aromatic rings. The molecule has 0 aliphatic rings. The molecule has 0 aliphatic heterocycles. The van der Waals surface area contributed by atoms with Crippen LogP contribution in [0.3, 0.4) is 0 Å². The second-order valence-corrected chi connectivity index (χ2v) is 7.96. The third kappa shape index (κ3) is 7.94. The van der Waals surface area contributed by atoms with Crippen LogP contribution in [0.15, 0.2) is 5.16 Å². The topological polar surface area (TPSA) is 110 Å². The van der Waals surface area contributed by atoms with Gasteiger partial charge in [0.05, 0.1) is 0 Å². The smallest absolute Gasteiger partial charge is 0.321 e. The van der Waals surface area contributed by atoms with E-state index in [0.717, 1.165) is 17.0 Å². The molecule has 3 amide bonds. The van der Waals surface area contributed by atoms with Crippen LogP contribution < -0.4 is 10.6 Å². The van der Waals surface area contributed by atoms with Crippen molar-refractivity contribution >= 4 is 29.7 Å². The van der Waals surface area contributed by atoms with Crippen LogP contribution in [0.5, 0.6) is 0 Å². The van der Waals surface area contributed by atoms with Crippen molar-refractivity contribution in [2.75, 3.05) is 6.26 Å². The molecule has 2 N–H and O–H groups in total. The Labute approximate surface area is 164 Å². The fourth-order valence-electron chi connectivity index (χ4n) is 2.28. The lowest BCUT2D eigenvalue weighted by molar-refractivity contribution is -0.154. The molecule has 1 heterocycles. The van der Waals surface area contributed by atoms with Gasteiger partial charge in [-0.3, -0.25) is 14.9 Å². The molecule has 1 rings (SSSR count). The number of nitrogens with one attached hydrogen (secondary N) is 2. The van der Waals surface area contributed by atoms with Crippen molar-refractivity contribution in [1.82, 2.24) is 20.6 Å². The predicted octanol–water partition coefficient (Wildman–Crippen LogP) is 2.30. The molecule has 27 heavy (non-hydrogen) atoms. The number of aromatic nitrogens is 2. The normalized spacial score (nSPS) is 12.3. The van der Waals surface area contributed by atoms with Crippen LogP contribution in [0, 0.1) is 13.8 Å². The Morgan fingerprint density at radius 2 is 1.70 bits per heavy atom. The molecule has 0 spiro atoms. The molecule has 0 aliphatic carbocycles. The number of amides is 3. The van der Waals surface area contributed by atoms with Crippen LogP contribution in [0.1, 0.15) is 51.1 Å². The number of nitrogens with zero attached hydrogens (tertiary/aromatic N) is 2. The molecule has 0 saturated carbocycles. The number of carbonyl (C=O) groups is 3. The third-order valence-corrected chi connectivity index (χ3v) is 4.11. The molecule has 0 aromatic carbocycles. The summed E-state index contributed by atoms with van der Waals surface area (Å²) in [6.45, 7) is 10.5. The van der Waals surface area contributed by atoms with Gasteiger partial charge in [-0.25, -0.2) is 14.8 Å². The number of ether oxygens (including phenoxy) is 1. The van der Waals surface area contributed by atoms with E-state index in [1.165, 1.54) is 18.7 Å². The minimum atomic E-state index is -1.07. The Morgan fingerprint density at radius 3 is 2.19 bits per heavy atom. The average Bonchev–Trinajstić information content (AvgIpc) is 2.51. The lowest BCUT2D eigenvalue weighted by atomic mass is 10.1. The Kier molecular flexibility index (Phi) is 8.20. The van der Waals surface area contributed by atoms with E-state index in [0.29, 0.717) is 11.6 Å². The third-order valence-electron chi connectivity index (χ3n) is 3.56. The van der Waals surface area contributed by atoms with E-state index in [9.17, 15) is 14.4 Å². The maximum absolute atomic E-state index is 12.0. The zero-order valence-corrected chi connectivity index (χ0v) is 17.7. The second kappa shape index (κ2) is 9.68. The SMILES string of the molecule is CSc1nc(C)c(CCC(=O)O[C@@H](C)C(=O)NC(=O)NC(C)(C)C)c(C)n1. The van der Waals surface area contributed by atoms with Gasteiger partial charge in [-0.15, -0.1) is 0 Å². The molecule has 1 atom stereocenters. The highest BCUT2D eigenvalue weighted by Gasteiger charge is 2.22. The maximum atomic E-state index is 12.0. The monoisotopic (exact) mass is 396 g/mol. The first-order valence-electron chi connectivity index (χ1n) is 8.63. The van der Waals surface area contributed by atoms with E-state index in [1.54, 1.807) is 20.8 Å². The van der Waals surface area contributed by atoms with Gasteiger partial charge in [0.2, 0.25) is 0 Å². The quantitative estimate of drug-likeness (QED) is 0.431. The van der Waals surface area contributed by atoms with Crippen molar-refractivity contribution in [3.05, 3.63) is 17.0 Å². The Hall–Kier alpha value is -2.16. The molecule has 0 fully saturated rings. The molecule has 0 radical (unpaired) electrons. The highest BCUT2D eigenvalue weighted by Crippen LogP contribution is 2.17. The van der Waals surface area contributed by atoms with E-state index in [2.05, 4.69) is 20.6 Å². The number of imide groups is 1. The highest BCUT2D eigenvalue weighted by molar-refractivity contribution is 7.98. The lowest BCUT2D eigenvalue weighted by Gasteiger charge is -2.21. The standard InChI is InChI=1S/C18H28N4O4S/c1-10-13(11(2)20-17(19-10)27-7)8-9-14(23)26-12(3)15(24)21-16(25)22-18(4,5)6/h12H,8-9H2,1-7H3,(H2,21,22,24,25)/t12-/m0/s1. The number of carbonyl (C=O) groups excluding carboxylic acids is 3. The van der Waals surface area contributed by atoms with Gasteiger partial charge in [0.25, 0.3) is 5.91 Å². The number of esters is 1. The van der Waals surface area contributed by atoms with Crippen molar-refractivity contribution in [3.8, 4) is 0 Å². The summed E-state index contributed by atoms with van der Waals surface area (Å²) in [5, 5.41) is 5.45. The van der Waals surface area contributed by atoms with Gasteiger partial charge < -0.3 is 10.1 Å². The largest absolute Gasteiger partial charge is 0.453 e. The zero-order chi connectivity index (χ0) is 20.8. The Morgan fingerprint density at radius 1 is 1.15 bits per heavy atom. The number of rotatable bonds is 6. The van der Waals surface area contributed by atoms with Gasteiger partial charge in [0.15, 0.2) is 11.3 Å². The first-order valence-corrected chi connectivity index (χ1v) is 9.86. The van der Waals surface area contributed by atoms with E-state index in [1.807, 2.05) is 20.1 Å². The summed E-state index contributed by atoms with van der Waals surface area (Å²) in [6.07, 6.45) is 1.35. The summed E-state index contributed by atoms with van der Waals surface area (Å²) in [7, 11) is 0. The molecule has 150 valence electrons. The molecule has 8 nitrogen and oxygen atoms in total. The first-order chi connectivity index (χ1) is 12.4. The van der Waals surface area contributed by atoms with Gasteiger partial charge in [-0.1, -0.05) is 11.8 Å². The van der Waals surface area contributed by atoms with Crippen molar-refractivity contribution in [3.63, 3.8) is 0 Å². The van der Waals surface area contributed by atoms with Crippen molar-refractivity contribution < 1.29 is 19.1 Å². The van der Waals surface area contributed by atoms with E-state index in [-0.39, 0.29) is 6.42 Å². The molecule has 0 saturated heterocycles. The van der Waals surface area contributed by atoms with Gasteiger partial charge in [0.1, 0.15) is 0 Å². The second-order valence-electron chi connectivity index (χ2n) is 7.19. The predicted molar refractivity (Wildman–Crippen MR) is 104 cm³/mol. The van der Waals surface area contributed by atoms with Gasteiger partial charge in [-0.05, 0) is 59.8 Å². The van der Waals surface area contributed by atoms with Gasteiger partial charge >= 0.3 is 12.0 Å². The van der Waals surface area contributed by atoms with Crippen LogP contribution in [-0.2, 0) is 20.7 Å². The van der Waals surface area contributed by atoms with E-state index >= 15 is 0 Å². The fourth-order valence-corrected chi connectivity index (χ4v) is 2.74. The maximum Gasteiger partial charge on any atom is 0.321 e. The summed E-state index contributed by atoms with van der Waals surface area (Å²) >= 11 is 1.46. The van der Waals surface area contributed by atoms with Gasteiger partial charge in [-0.2, -0.15) is 0 Å². The molecular formula is C18H28N4O4S. The molecule has 0 unspecified atom stereocenters. The number of hydrogen-bond donors (Lipinski definition) is 2. The van der Waals surface area contributed by atoms with Crippen LogP contribution >= 0.6 is 11.8 Å². The van der Waals surface area contributed by atoms with Gasteiger partial charge in [0, 0.05) is 23.3 Å². The van der Waals surface area contributed by atoms with Crippen molar-refractivity contribution in [1.29, 1.82) is 0 Å². The number of urea groups is 1. The van der Waals surface area contributed by atoms with Crippen LogP contribution in [0.25, 0.3) is 0 Å². The van der Waals surface area contributed by atoms with E-state index < -0.39 is 29.6 Å². The number of hydrogen-bond acceptors (Lipinski definition) is 7. The summed E-state index contributed by atoms with van der Waals surface area (Å²) in [5.41, 5.74) is 2.06. The summed E-state index contributed by atoms with van der Waals surface area (Å²) in [4.78, 5) is 44.4. The lowest BCUT2D eigenvalue weighted by Crippen LogP contribution is -2.50. The summed E-state index contributed by atoms with van der Waals surface area (Å²) in [5.74, 6) is -1.20. The van der Waals surface area contributed by atoms with Crippen LogP contribution in [-0.4, -0.2) is 45.8 Å². The Balaban J connectivity index is 2.55. The molecule has 9 heteroatoms. The summed E-state index contributed by atoms with van der Waals surface area (Å²) in [6, 6.07) is -0.632. The first kappa shape index (κ1) is 22.9. The molecular weight excluding hydrogens is 368 g/mol. The molecule has 0 bridgehead atoms. The van der Waals surface area contributed by atoms with Crippen molar-refractivity contribution in [2.45, 2.75) is 71.2 Å². The number of thioether (sulfide) groups is 1. The summed E-state index contributed by atoms with van der Waals surface area (Å²) < 4.78 is 5.11. The molecule has 1 aromatic heterocycles. The van der Waals surface area contributed by atoms with Crippen LogP contribution in [0.4, 0.5) is 4.79 Å². The Bertz CT molecular complexity index is 693. The average molecular weight is 397 g/mol. The van der Waals surface area contributed by atoms with Crippen molar-refractivity contribution in [2.24, 2.45) is 0 Å². The highest BCUT2D eigenvalue weighted by atomic mass is 32.2. The minimum Gasteiger partial charge on any atom is -0.453 e. The van der Waals surface area contributed by atoms with Crippen LogP contribution in [0.2, 0.25) is 0 Å².